The lowest BCUT2D eigenvalue weighted by Crippen LogP contribution is -1.90. The van der Waals surface area contributed by atoms with E-state index in [9.17, 15) is 0 Å². The minimum atomic E-state index is 0.0618. The fraction of sp³-hybridized carbons (Fsp3) is 0.250. The van der Waals surface area contributed by atoms with Gasteiger partial charge in [-0.1, -0.05) is 31.2 Å². The number of aliphatic hydroxyl groups excluding tert-OH is 1. The highest BCUT2D eigenvalue weighted by atomic mass is 16.5. The molecule has 18 heavy (non-hydrogen) atoms. The quantitative estimate of drug-likeness (QED) is 0.882. The topological polar surface area (TPSA) is 29.5 Å². The van der Waals surface area contributed by atoms with Crippen LogP contribution in [0.25, 0.3) is 0 Å². The van der Waals surface area contributed by atoms with E-state index >= 15 is 0 Å². The second-order valence-corrected chi connectivity index (χ2v) is 4.36. The number of benzene rings is 2. The van der Waals surface area contributed by atoms with Crippen molar-refractivity contribution in [3.8, 4) is 11.5 Å². The molecule has 0 amide bonds. The summed E-state index contributed by atoms with van der Waals surface area (Å²) >= 11 is 0. The molecule has 0 aromatic heterocycles. The smallest absolute Gasteiger partial charge is 0.130 e. The third-order valence-corrected chi connectivity index (χ3v) is 2.98. The Kier molecular flexibility index (Phi) is 4.00. The molecule has 0 radical (unpaired) electrons. The van der Waals surface area contributed by atoms with Crippen LogP contribution in [0.5, 0.6) is 11.5 Å². The van der Waals surface area contributed by atoms with E-state index in [1.807, 2.05) is 37.3 Å². The summed E-state index contributed by atoms with van der Waals surface area (Å²) in [6.07, 6.45) is 1.03. The fourth-order valence-electron chi connectivity index (χ4n) is 1.84. The van der Waals surface area contributed by atoms with E-state index < -0.39 is 0 Å². The molecule has 2 rings (SSSR count). The standard InChI is InChI=1S/C16H18O2/c1-3-13-4-7-15(8-5-13)18-16-9-6-14(11-17)10-12(16)2/h4-10,17H,3,11H2,1-2H3. The molecule has 2 aromatic rings. The second kappa shape index (κ2) is 5.69. The molecule has 2 nitrogen and oxygen atoms in total. The molecule has 0 spiro atoms. The molecule has 0 unspecified atom stereocenters. The van der Waals surface area contributed by atoms with Crippen LogP contribution in [0.15, 0.2) is 42.5 Å². The van der Waals surface area contributed by atoms with Gasteiger partial charge in [-0.25, -0.2) is 0 Å². The summed E-state index contributed by atoms with van der Waals surface area (Å²) in [6.45, 7) is 4.18. The molecule has 1 N–H and O–H groups in total. The lowest BCUT2D eigenvalue weighted by molar-refractivity contribution is 0.281. The van der Waals surface area contributed by atoms with E-state index in [1.165, 1.54) is 5.56 Å². The Hall–Kier alpha value is -1.80. The summed E-state index contributed by atoms with van der Waals surface area (Å²) < 4.78 is 5.83. The number of ether oxygens (including phenoxy) is 1. The van der Waals surface area contributed by atoms with E-state index in [-0.39, 0.29) is 6.61 Å². The zero-order valence-electron chi connectivity index (χ0n) is 10.8. The van der Waals surface area contributed by atoms with Crippen molar-refractivity contribution in [2.24, 2.45) is 0 Å². The summed E-state index contributed by atoms with van der Waals surface area (Å²) in [7, 11) is 0. The van der Waals surface area contributed by atoms with E-state index in [2.05, 4.69) is 19.1 Å². The molecule has 0 atom stereocenters. The van der Waals surface area contributed by atoms with Gasteiger partial charge >= 0.3 is 0 Å². The van der Waals surface area contributed by atoms with Crippen LogP contribution in [0, 0.1) is 6.92 Å². The largest absolute Gasteiger partial charge is 0.457 e. The fourth-order valence-corrected chi connectivity index (χ4v) is 1.84. The third-order valence-electron chi connectivity index (χ3n) is 2.98. The highest BCUT2D eigenvalue weighted by Crippen LogP contribution is 2.26. The first kappa shape index (κ1) is 12.7. The van der Waals surface area contributed by atoms with Crippen molar-refractivity contribution in [3.05, 3.63) is 59.2 Å². The Morgan fingerprint density at radius 1 is 1.00 bits per heavy atom. The number of rotatable bonds is 4. The highest BCUT2D eigenvalue weighted by molar-refractivity contribution is 5.40. The van der Waals surface area contributed by atoms with E-state index in [4.69, 9.17) is 9.84 Å². The molecule has 0 bridgehead atoms. The SMILES string of the molecule is CCc1ccc(Oc2ccc(CO)cc2C)cc1. The van der Waals surface area contributed by atoms with Crippen molar-refractivity contribution in [3.63, 3.8) is 0 Å². The van der Waals surface area contributed by atoms with Crippen LogP contribution < -0.4 is 4.74 Å². The van der Waals surface area contributed by atoms with E-state index in [1.54, 1.807) is 0 Å². The lowest BCUT2D eigenvalue weighted by atomic mass is 10.1. The molecule has 0 aliphatic carbocycles. The molecular formula is C16H18O2. The lowest BCUT2D eigenvalue weighted by Gasteiger charge is -2.10. The zero-order valence-corrected chi connectivity index (χ0v) is 10.8. The van der Waals surface area contributed by atoms with Gasteiger partial charge in [0.1, 0.15) is 11.5 Å². The van der Waals surface area contributed by atoms with Gasteiger partial charge in [0.25, 0.3) is 0 Å². The first-order chi connectivity index (χ1) is 8.72. The average Bonchev–Trinajstić information content (AvgIpc) is 2.42. The number of hydrogen-bond acceptors (Lipinski definition) is 2. The molecule has 2 heteroatoms. The molecule has 2 aromatic carbocycles. The number of aryl methyl sites for hydroxylation is 2. The van der Waals surface area contributed by atoms with Gasteiger partial charge in [0, 0.05) is 0 Å². The maximum atomic E-state index is 9.06. The second-order valence-electron chi connectivity index (χ2n) is 4.36. The Labute approximate surface area is 108 Å². The molecule has 0 saturated carbocycles. The summed E-state index contributed by atoms with van der Waals surface area (Å²) in [5.74, 6) is 1.67. The van der Waals surface area contributed by atoms with E-state index in [0.29, 0.717) is 0 Å². The van der Waals surface area contributed by atoms with Crippen LogP contribution >= 0.6 is 0 Å². The maximum absolute atomic E-state index is 9.06. The average molecular weight is 242 g/mol. The zero-order chi connectivity index (χ0) is 13.0. The van der Waals surface area contributed by atoms with Gasteiger partial charge in [0.15, 0.2) is 0 Å². The van der Waals surface area contributed by atoms with Crippen molar-refractivity contribution < 1.29 is 9.84 Å². The van der Waals surface area contributed by atoms with Gasteiger partial charge in [-0.15, -0.1) is 0 Å². The summed E-state index contributed by atoms with van der Waals surface area (Å²) in [6, 6.07) is 13.8. The Morgan fingerprint density at radius 2 is 1.67 bits per heavy atom. The van der Waals surface area contributed by atoms with Crippen LogP contribution in [0.1, 0.15) is 23.6 Å². The Morgan fingerprint density at radius 3 is 2.22 bits per heavy atom. The van der Waals surface area contributed by atoms with Crippen molar-refractivity contribution >= 4 is 0 Å². The monoisotopic (exact) mass is 242 g/mol. The van der Waals surface area contributed by atoms with Gasteiger partial charge < -0.3 is 9.84 Å². The number of hydrogen-bond donors (Lipinski definition) is 1. The van der Waals surface area contributed by atoms with Crippen LogP contribution in [-0.2, 0) is 13.0 Å². The summed E-state index contributed by atoms with van der Waals surface area (Å²) in [5.41, 5.74) is 3.23. The van der Waals surface area contributed by atoms with Crippen LogP contribution in [0.2, 0.25) is 0 Å². The minimum absolute atomic E-state index is 0.0618. The summed E-state index contributed by atoms with van der Waals surface area (Å²) in [5, 5.41) is 9.06. The van der Waals surface area contributed by atoms with Gasteiger partial charge in [0.2, 0.25) is 0 Å². The molecule has 0 fully saturated rings. The Bertz CT molecular complexity index is 515. The normalized spacial score (nSPS) is 10.4. The van der Waals surface area contributed by atoms with Crippen LogP contribution in [0.4, 0.5) is 0 Å². The van der Waals surface area contributed by atoms with Crippen molar-refractivity contribution in [1.29, 1.82) is 0 Å². The van der Waals surface area contributed by atoms with Gasteiger partial charge in [0.05, 0.1) is 6.61 Å². The first-order valence-electron chi connectivity index (χ1n) is 6.20. The third kappa shape index (κ3) is 2.90. The van der Waals surface area contributed by atoms with Crippen LogP contribution in [0.3, 0.4) is 0 Å². The molecule has 0 aliphatic rings. The number of aliphatic hydroxyl groups is 1. The molecule has 94 valence electrons. The van der Waals surface area contributed by atoms with Crippen molar-refractivity contribution in [2.45, 2.75) is 26.9 Å². The maximum Gasteiger partial charge on any atom is 0.130 e. The van der Waals surface area contributed by atoms with Crippen LogP contribution in [-0.4, -0.2) is 5.11 Å². The molecule has 0 heterocycles. The Balaban J connectivity index is 2.17. The van der Waals surface area contributed by atoms with Crippen molar-refractivity contribution in [2.75, 3.05) is 0 Å². The predicted octanol–water partition coefficient (Wildman–Crippen LogP) is 3.84. The molecule has 0 aliphatic heterocycles. The minimum Gasteiger partial charge on any atom is -0.457 e. The highest BCUT2D eigenvalue weighted by Gasteiger charge is 2.02. The van der Waals surface area contributed by atoms with E-state index in [0.717, 1.165) is 29.0 Å². The molecular weight excluding hydrogens is 224 g/mol. The summed E-state index contributed by atoms with van der Waals surface area (Å²) in [4.78, 5) is 0. The first-order valence-corrected chi connectivity index (χ1v) is 6.20. The van der Waals surface area contributed by atoms with Crippen molar-refractivity contribution in [1.82, 2.24) is 0 Å². The van der Waals surface area contributed by atoms with Gasteiger partial charge in [-0.2, -0.15) is 0 Å². The van der Waals surface area contributed by atoms with Gasteiger partial charge in [-0.3, -0.25) is 0 Å². The molecule has 0 saturated heterocycles. The predicted molar refractivity (Wildman–Crippen MR) is 73.0 cm³/mol. The van der Waals surface area contributed by atoms with Gasteiger partial charge in [-0.05, 0) is 48.2 Å².